The van der Waals surface area contributed by atoms with Crippen LogP contribution in [0.25, 0.3) is 0 Å². The first-order valence-corrected chi connectivity index (χ1v) is 11.5. The van der Waals surface area contributed by atoms with Gasteiger partial charge in [0.25, 0.3) is 5.91 Å². The van der Waals surface area contributed by atoms with Crippen molar-refractivity contribution in [2.45, 2.75) is 54.6 Å². The number of esters is 1. The van der Waals surface area contributed by atoms with Gasteiger partial charge in [-0.2, -0.15) is 5.10 Å². The van der Waals surface area contributed by atoms with Gasteiger partial charge in [0.1, 0.15) is 5.00 Å². The van der Waals surface area contributed by atoms with E-state index < -0.39 is 5.97 Å². The number of thiophene rings is 1. The van der Waals surface area contributed by atoms with Crippen LogP contribution in [-0.2, 0) is 17.8 Å². The standard InChI is InChI=1S/C21H31N5O3S2/c1-8-25(9-2)19(27)17-12(4)16(20(28)29-7)18(31-17)23-21(30)22-11-15-13(5)24-26(10-3)14(15)6/h8-11H2,1-7H3,(H2,22,23,30). The average Bonchev–Trinajstić information content (AvgIpc) is 3.21. The summed E-state index contributed by atoms with van der Waals surface area (Å²) in [7, 11) is 1.32. The largest absolute Gasteiger partial charge is 0.465 e. The molecule has 0 saturated carbocycles. The van der Waals surface area contributed by atoms with Crippen molar-refractivity contribution in [1.82, 2.24) is 20.0 Å². The van der Waals surface area contributed by atoms with Crippen LogP contribution in [0.1, 0.15) is 63.3 Å². The van der Waals surface area contributed by atoms with Gasteiger partial charge in [-0.1, -0.05) is 0 Å². The van der Waals surface area contributed by atoms with E-state index in [1.54, 1.807) is 11.8 Å². The molecule has 0 radical (unpaired) electrons. The normalized spacial score (nSPS) is 10.7. The molecule has 2 heterocycles. The zero-order valence-corrected chi connectivity index (χ0v) is 20.8. The summed E-state index contributed by atoms with van der Waals surface area (Å²) in [6.07, 6.45) is 0. The Balaban J connectivity index is 2.26. The molecular weight excluding hydrogens is 434 g/mol. The van der Waals surface area contributed by atoms with Gasteiger partial charge in [0, 0.05) is 37.4 Å². The van der Waals surface area contributed by atoms with Gasteiger partial charge in [0.2, 0.25) is 0 Å². The molecule has 0 aromatic carbocycles. The Bertz CT molecular complexity index is 976. The molecule has 0 aliphatic carbocycles. The number of carbonyl (C=O) groups is 2. The van der Waals surface area contributed by atoms with E-state index >= 15 is 0 Å². The molecule has 1 amide bonds. The fraction of sp³-hybridized carbons (Fsp3) is 0.524. The summed E-state index contributed by atoms with van der Waals surface area (Å²) < 4.78 is 6.90. The highest BCUT2D eigenvalue weighted by Crippen LogP contribution is 2.34. The van der Waals surface area contributed by atoms with Gasteiger partial charge in [-0.15, -0.1) is 11.3 Å². The lowest BCUT2D eigenvalue weighted by Gasteiger charge is -2.17. The summed E-state index contributed by atoms with van der Waals surface area (Å²) in [5.41, 5.74) is 4.04. The molecule has 2 aromatic rings. The van der Waals surface area contributed by atoms with E-state index in [1.807, 2.05) is 39.3 Å². The number of anilines is 1. The van der Waals surface area contributed by atoms with E-state index in [1.165, 1.54) is 18.4 Å². The number of methoxy groups -OCH3 is 1. The predicted molar refractivity (Wildman–Crippen MR) is 128 cm³/mol. The molecule has 0 fully saturated rings. The highest BCUT2D eigenvalue weighted by atomic mass is 32.1. The van der Waals surface area contributed by atoms with Crippen LogP contribution in [0.15, 0.2) is 0 Å². The summed E-state index contributed by atoms with van der Waals surface area (Å²) in [6.45, 7) is 14.1. The summed E-state index contributed by atoms with van der Waals surface area (Å²) >= 11 is 6.68. The molecule has 0 atom stereocenters. The highest BCUT2D eigenvalue weighted by Gasteiger charge is 2.27. The van der Waals surface area contributed by atoms with Crippen LogP contribution in [0.2, 0.25) is 0 Å². The molecular formula is C21H31N5O3S2. The number of rotatable bonds is 8. The molecule has 0 aliphatic rings. The van der Waals surface area contributed by atoms with Crippen molar-refractivity contribution in [2.75, 3.05) is 25.5 Å². The van der Waals surface area contributed by atoms with Crippen LogP contribution in [-0.4, -0.2) is 51.9 Å². The number of amides is 1. The number of nitrogens with zero attached hydrogens (tertiary/aromatic N) is 3. The monoisotopic (exact) mass is 465 g/mol. The Morgan fingerprint density at radius 2 is 1.84 bits per heavy atom. The van der Waals surface area contributed by atoms with Gasteiger partial charge in [-0.3, -0.25) is 9.48 Å². The van der Waals surface area contributed by atoms with Crippen molar-refractivity contribution >= 4 is 45.5 Å². The van der Waals surface area contributed by atoms with E-state index in [0.29, 0.717) is 45.8 Å². The number of aromatic nitrogens is 2. The van der Waals surface area contributed by atoms with Crippen molar-refractivity contribution in [2.24, 2.45) is 0 Å². The van der Waals surface area contributed by atoms with Gasteiger partial charge < -0.3 is 20.3 Å². The third-order valence-corrected chi connectivity index (χ3v) is 6.71. The van der Waals surface area contributed by atoms with Crippen LogP contribution in [0.4, 0.5) is 5.00 Å². The van der Waals surface area contributed by atoms with Gasteiger partial charge in [-0.25, -0.2) is 4.79 Å². The molecule has 0 spiro atoms. The van der Waals surface area contributed by atoms with Crippen molar-refractivity contribution in [3.05, 3.63) is 33.0 Å². The van der Waals surface area contributed by atoms with Gasteiger partial charge in [-0.05, 0) is 59.3 Å². The Morgan fingerprint density at radius 3 is 2.35 bits per heavy atom. The molecule has 2 rings (SSSR count). The van der Waals surface area contributed by atoms with Crippen molar-refractivity contribution in [3.8, 4) is 0 Å². The van der Waals surface area contributed by atoms with E-state index in [4.69, 9.17) is 17.0 Å². The smallest absolute Gasteiger partial charge is 0.341 e. The zero-order chi connectivity index (χ0) is 23.3. The van der Waals surface area contributed by atoms with Gasteiger partial charge in [0.05, 0.1) is 23.2 Å². The Kier molecular flexibility index (Phi) is 8.58. The third kappa shape index (κ3) is 5.24. The first kappa shape index (κ1) is 24.8. The first-order valence-electron chi connectivity index (χ1n) is 10.3. The number of carbonyl (C=O) groups excluding carboxylic acids is 2. The molecule has 2 N–H and O–H groups in total. The fourth-order valence-electron chi connectivity index (χ4n) is 3.42. The van der Waals surface area contributed by atoms with E-state index in [-0.39, 0.29) is 5.91 Å². The lowest BCUT2D eigenvalue weighted by molar-refractivity contribution is 0.0601. The maximum absolute atomic E-state index is 12.9. The predicted octanol–water partition coefficient (Wildman–Crippen LogP) is 3.64. The molecule has 10 heteroatoms. The maximum atomic E-state index is 12.9. The lowest BCUT2D eigenvalue weighted by Crippen LogP contribution is -2.30. The molecule has 170 valence electrons. The second kappa shape index (κ2) is 10.7. The molecule has 0 saturated heterocycles. The second-order valence-electron chi connectivity index (χ2n) is 7.00. The quantitative estimate of drug-likeness (QED) is 0.454. The minimum absolute atomic E-state index is 0.109. The molecule has 2 aromatic heterocycles. The summed E-state index contributed by atoms with van der Waals surface area (Å²) in [5.74, 6) is -0.614. The van der Waals surface area contributed by atoms with Crippen LogP contribution in [0.5, 0.6) is 0 Å². The number of thiocarbonyl (C=S) groups is 1. The number of nitrogens with one attached hydrogen (secondary N) is 2. The Labute approximate surface area is 193 Å². The van der Waals surface area contributed by atoms with Crippen LogP contribution < -0.4 is 10.6 Å². The minimum atomic E-state index is -0.506. The lowest BCUT2D eigenvalue weighted by atomic mass is 10.1. The summed E-state index contributed by atoms with van der Waals surface area (Å²) in [4.78, 5) is 27.6. The molecule has 8 nitrogen and oxygen atoms in total. The van der Waals surface area contributed by atoms with Crippen LogP contribution in [0, 0.1) is 20.8 Å². The molecule has 0 aliphatic heterocycles. The molecule has 31 heavy (non-hydrogen) atoms. The SMILES string of the molecule is CCN(CC)C(=O)c1sc(NC(=S)NCc2c(C)nn(CC)c2C)c(C(=O)OC)c1C. The average molecular weight is 466 g/mol. The van der Waals surface area contributed by atoms with Gasteiger partial charge >= 0.3 is 5.97 Å². The van der Waals surface area contributed by atoms with Crippen molar-refractivity contribution < 1.29 is 14.3 Å². The second-order valence-corrected chi connectivity index (χ2v) is 8.43. The summed E-state index contributed by atoms with van der Waals surface area (Å²) in [6, 6.07) is 0. The maximum Gasteiger partial charge on any atom is 0.341 e. The highest BCUT2D eigenvalue weighted by molar-refractivity contribution is 7.80. The number of hydrogen-bond acceptors (Lipinski definition) is 6. The Hall–Kier alpha value is -2.46. The van der Waals surface area contributed by atoms with Crippen molar-refractivity contribution in [1.29, 1.82) is 0 Å². The Morgan fingerprint density at radius 1 is 1.19 bits per heavy atom. The minimum Gasteiger partial charge on any atom is -0.465 e. The molecule has 0 unspecified atom stereocenters. The number of ether oxygens (including phenoxy) is 1. The van der Waals surface area contributed by atoms with E-state index in [2.05, 4.69) is 15.7 Å². The van der Waals surface area contributed by atoms with E-state index in [9.17, 15) is 9.59 Å². The fourth-order valence-corrected chi connectivity index (χ4v) is 4.83. The number of aryl methyl sites for hydroxylation is 2. The summed E-state index contributed by atoms with van der Waals surface area (Å²) in [5, 5.41) is 11.6. The topological polar surface area (TPSA) is 88.5 Å². The first-order chi connectivity index (χ1) is 14.7. The van der Waals surface area contributed by atoms with E-state index in [0.717, 1.165) is 23.5 Å². The third-order valence-electron chi connectivity index (χ3n) is 5.26. The van der Waals surface area contributed by atoms with Gasteiger partial charge in [0.15, 0.2) is 5.11 Å². The zero-order valence-electron chi connectivity index (χ0n) is 19.2. The van der Waals surface area contributed by atoms with Crippen molar-refractivity contribution in [3.63, 3.8) is 0 Å². The number of hydrogen-bond donors (Lipinski definition) is 2. The molecule has 0 bridgehead atoms. The van der Waals surface area contributed by atoms with Crippen LogP contribution >= 0.6 is 23.6 Å². The van der Waals surface area contributed by atoms with Crippen LogP contribution in [0.3, 0.4) is 0 Å².